The Hall–Kier alpha value is -4.08. The monoisotopic (exact) mass is 482 g/mol. The molecule has 0 saturated heterocycles. The Kier molecular flexibility index (Phi) is 5.11. The number of nitrogens with zero attached hydrogens (tertiary/aromatic N) is 4. The van der Waals surface area contributed by atoms with Gasteiger partial charge in [-0.1, -0.05) is 0 Å². The zero-order valence-electron chi connectivity index (χ0n) is 21.5. The van der Waals surface area contributed by atoms with Gasteiger partial charge in [0.1, 0.15) is 5.82 Å². The lowest BCUT2D eigenvalue weighted by Gasteiger charge is -2.13. The Labute approximate surface area is 203 Å². The quantitative estimate of drug-likeness (QED) is 0.355. The average Bonchev–Trinajstić information content (AvgIpc) is 3.59. The van der Waals surface area contributed by atoms with E-state index in [9.17, 15) is 13.6 Å². The van der Waals surface area contributed by atoms with Gasteiger partial charge in [-0.3, -0.25) is 4.79 Å². The minimum atomic E-state index is -2.85. The van der Waals surface area contributed by atoms with Crippen LogP contribution in [0.15, 0.2) is 42.7 Å². The van der Waals surface area contributed by atoms with Crippen LogP contribution in [0, 0.1) is 17.6 Å². The Morgan fingerprint density at radius 2 is 2.11 bits per heavy atom. The number of rotatable bonds is 9. The minimum absolute atomic E-state index is 0.0457. The maximum Gasteiger partial charge on any atom is 0.240 e. The molecule has 1 aliphatic rings. The molecular formula is C25H23F2N5O3. The van der Waals surface area contributed by atoms with E-state index >= 15 is 0 Å². The number of carbonyl (C=O) groups is 1. The van der Waals surface area contributed by atoms with Gasteiger partial charge in [0.05, 0.1) is 23.3 Å². The second-order valence-electron chi connectivity index (χ2n) is 8.42. The van der Waals surface area contributed by atoms with Crippen molar-refractivity contribution in [3.05, 3.63) is 65.5 Å². The van der Waals surface area contributed by atoms with Crippen molar-refractivity contribution in [2.24, 2.45) is 5.92 Å². The number of ether oxygens (including phenoxy) is 2. The number of methoxy groups -OCH3 is 1. The van der Waals surface area contributed by atoms with E-state index in [0.29, 0.717) is 29.3 Å². The van der Waals surface area contributed by atoms with E-state index in [1.165, 1.54) is 16.8 Å². The first kappa shape index (κ1) is 19.2. The normalized spacial score (nSPS) is 14.9. The summed E-state index contributed by atoms with van der Waals surface area (Å²) in [5.41, 5.74) is 7.33. The number of Topliss-reactive ketones (excluding diaryl/α,β-unsaturated/α-hetero) is 1. The smallest absolute Gasteiger partial charge is 0.240 e. The number of ketones is 1. The third-order valence-electron chi connectivity index (χ3n) is 5.80. The summed E-state index contributed by atoms with van der Waals surface area (Å²) in [7, 11) is -2.85. The molecule has 0 amide bonds. The fraction of sp³-hybridized carbons (Fsp3) is 0.280. The van der Waals surface area contributed by atoms with E-state index in [4.69, 9.17) is 19.3 Å². The molecule has 180 valence electrons. The van der Waals surface area contributed by atoms with Gasteiger partial charge in [0.15, 0.2) is 23.0 Å². The van der Waals surface area contributed by atoms with Crippen molar-refractivity contribution in [2.75, 3.05) is 19.4 Å². The first-order valence-electron chi connectivity index (χ1n) is 12.5. The second kappa shape index (κ2) is 9.28. The van der Waals surface area contributed by atoms with Crippen LogP contribution in [0.1, 0.15) is 39.3 Å². The van der Waals surface area contributed by atoms with Crippen LogP contribution in [-0.2, 0) is 6.42 Å². The van der Waals surface area contributed by atoms with Gasteiger partial charge >= 0.3 is 0 Å². The fourth-order valence-electron chi connectivity index (χ4n) is 3.80. The molecule has 0 radical (unpaired) electrons. The Balaban J connectivity index is 1.44. The number of hydrogen-bond donors (Lipinski definition) is 1. The number of fused-ring (bicyclic) bond motifs is 1. The first-order valence-corrected chi connectivity index (χ1v) is 11.0. The van der Waals surface area contributed by atoms with E-state index in [0.717, 1.165) is 25.0 Å². The number of halogens is 2. The molecule has 1 fully saturated rings. The molecule has 4 aromatic rings. The van der Waals surface area contributed by atoms with Crippen LogP contribution in [0.5, 0.6) is 11.6 Å². The topological polar surface area (TPSA) is 105 Å². The second-order valence-corrected chi connectivity index (χ2v) is 8.42. The molecule has 10 heteroatoms. The number of hydrogen-bond acceptors (Lipinski definition) is 7. The number of carbonyl (C=O) groups excluding carboxylic acids is 1. The van der Waals surface area contributed by atoms with E-state index in [2.05, 4.69) is 15.1 Å². The summed E-state index contributed by atoms with van der Waals surface area (Å²) in [6.45, 7) is 0.314. The van der Waals surface area contributed by atoms with E-state index in [-0.39, 0.29) is 41.5 Å². The molecule has 1 aliphatic carbocycles. The maximum absolute atomic E-state index is 14.5. The molecule has 1 saturated carbocycles. The maximum atomic E-state index is 14.5. The molecule has 35 heavy (non-hydrogen) atoms. The summed E-state index contributed by atoms with van der Waals surface area (Å²) < 4.78 is 62.8. The molecule has 3 aromatic heterocycles. The summed E-state index contributed by atoms with van der Waals surface area (Å²) >= 11 is 0. The zero-order valence-corrected chi connectivity index (χ0v) is 18.5. The number of benzene rings is 1. The summed E-state index contributed by atoms with van der Waals surface area (Å²) in [6.07, 6.45) is 4.73. The van der Waals surface area contributed by atoms with Gasteiger partial charge in [-0.15, -0.1) is 5.10 Å². The van der Waals surface area contributed by atoms with Gasteiger partial charge in [0.2, 0.25) is 11.8 Å². The van der Waals surface area contributed by atoms with Crippen LogP contribution in [0.3, 0.4) is 0 Å². The molecule has 8 nitrogen and oxygen atoms in total. The summed E-state index contributed by atoms with van der Waals surface area (Å²) in [6, 6.07) is 6.71. The van der Waals surface area contributed by atoms with Crippen molar-refractivity contribution >= 4 is 17.4 Å². The molecular weight excluding hydrogens is 456 g/mol. The van der Waals surface area contributed by atoms with Crippen LogP contribution in [-0.4, -0.2) is 39.0 Å². The Bertz CT molecular complexity index is 1520. The minimum Gasteiger partial charge on any atom is -0.490 e. The lowest BCUT2D eigenvalue weighted by molar-refractivity contribution is 0.0979. The van der Waals surface area contributed by atoms with Crippen LogP contribution >= 0.6 is 0 Å². The number of aromatic nitrogens is 4. The van der Waals surface area contributed by atoms with E-state index in [1.54, 1.807) is 18.3 Å². The highest BCUT2D eigenvalue weighted by Crippen LogP contribution is 2.33. The molecule has 5 rings (SSSR count). The summed E-state index contributed by atoms with van der Waals surface area (Å²) in [4.78, 5) is 21.5. The highest BCUT2D eigenvalue weighted by Gasteiger charge is 2.24. The predicted molar refractivity (Wildman–Crippen MR) is 124 cm³/mol. The van der Waals surface area contributed by atoms with Crippen molar-refractivity contribution in [1.82, 2.24) is 19.6 Å². The SMILES string of the molecule is [2H]C([2H])([2H])Oc1ncc(-c2ccn3nc(N)nc3c2)cc1C(=O)CCc1cc(F)cc(F)c1OCC1CC1. The standard InChI is InChI=1S/C25H23F2N5O3/c1-34-24-19(9-17(12-29-24)15-6-7-32-22(10-15)30-25(28)31-32)21(33)5-4-16-8-18(26)11-20(27)23(16)35-13-14-2-3-14/h6-12,14H,2-5,13H2,1H3,(H2,28,31)/i1D3. The molecule has 0 spiro atoms. The predicted octanol–water partition coefficient (Wildman–Crippen LogP) is 4.26. The number of aryl methyl sites for hydroxylation is 1. The van der Waals surface area contributed by atoms with Gasteiger partial charge in [-0.2, -0.15) is 4.98 Å². The molecule has 1 aromatic carbocycles. The highest BCUT2D eigenvalue weighted by atomic mass is 19.1. The van der Waals surface area contributed by atoms with Gasteiger partial charge < -0.3 is 15.2 Å². The van der Waals surface area contributed by atoms with Crippen molar-refractivity contribution in [1.29, 1.82) is 0 Å². The number of nitrogen functional groups attached to an aromatic ring is 1. The Morgan fingerprint density at radius 3 is 2.91 bits per heavy atom. The highest BCUT2D eigenvalue weighted by molar-refractivity contribution is 5.99. The van der Waals surface area contributed by atoms with Crippen molar-refractivity contribution < 1.29 is 27.2 Å². The summed E-state index contributed by atoms with van der Waals surface area (Å²) in [5.74, 6) is -2.18. The van der Waals surface area contributed by atoms with Gasteiger partial charge in [-0.05, 0) is 55.0 Å². The van der Waals surface area contributed by atoms with Gasteiger partial charge in [0.25, 0.3) is 0 Å². The van der Waals surface area contributed by atoms with E-state index in [1.807, 2.05) is 0 Å². The molecule has 2 N–H and O–H groups in total. The largest absolute Gasteiger partial charge is 0.490 e. The molecule has 0 aliphatic heterocycles. The Morgan fingerprint density at radius 1 is 1.26 bits per heavy atom. The third kappa shape index (κ3) is 4.91. The molecule has 0 atom stereocenters. The average molecular weight is 483 g/mol. The van der Waals surface area contributed by atoms with Crippen molar-refractivity contribution in [2.45, 2.75) is 25.7 Å². The van der Waals surface area contributed by atoms with Crippen LogP contribution in [0.4, 0.5) is 14.7 Å². The fourth-order valence-corrected chi connectivity index (χ4v) is 3.80. The first-order chi connectivity index (χ1) is 18.1. The lowest BCUT2D eigenvalue weighted by Crippen LogP contribution is -2.08. The van der Waals surface area contributed by atoms with Gasteiger partial charge in [-0.25, -0.2) is 18.3 Å². The summed E-state index contributed by atoms with van der Waals surface area (Å²) in [5, 5.41) is 4.01. The number of nitrogens with two attached hydrogens (primary N) is 1. The molecule has 0 bridgehead atoms. The number of pyridine rings is 2. The van der Waals surface area contributed by atoms with Crippen molar-refractivity contribution in [3.8, 4) is 22.8 Å². The van der Waals surface area contributed by atoms with Gasteiger partial charge in [0, 0.05) is 36.0 Å². The number of anilines is 1. The lowest BCUT2D eigenvalue weighted by atomic mass is 10.00. The van der Waals surface area contributed by atoms with E-state index < -0.39 is 24.5 Å². The zero-order chi connectivity index (χ0) is 27.0. The molecule has 0 unspecified atom stereocenters. The third-order valence-corrected chi connectivity index (χ3v) is 5.80. The molecule has 3 heterocycles. The van der Waals surface area contributed by atoms with Crippen LogP contribution in [0.2, 0.25) is 0 Å². The van der Waals surface area contributed by atoms with Crippen LogP contribution < -0.4 is 15.2 Å². The van der Waals surface area contributed by atoms with Crippen molar-refractivity contribution in [3.63, 3.8) is 0 Å². The van der Waals surface area contributed by atoms with Crippen LogP contribution in [0.25, 0.3) is 16.8 Å².